The molecule has 2 aromatic heterocycles. The zero-order valence-corrected chi connectivity index (χ0v) is 13.0. The Morgan fingerprint density at radius 3 is 2.71 bits per heavy atom. The molecule has 0 aromatic carbocycles. The molecule has 2 N–H and O–H groups in total. The Bertz CT molecular complexity index is 650. The first-order valence-electron chi connectivity index (χ1n) is 6.46. The normalized spacial score (nSPS) is 10.6. The lowest BCUT2D eigenvalue weighted by Crippen LogP contribution is -2.36. The average Bonchev–Trinajstić information content (AvgIpc) is 3.05. The summed E-state index contributed by atoms with van der Waals surface area (Å²) in [6, 6.07) is 3.61. The molecule has 0 radical (unpaired) electrons. The van der Waals surface area contributed by atoms with Crippen LogP contribution in [0.1, 0.15) is 23.7 Å². The number of amides is 1. The highest BCUT2D eigenvalue weighted by atomic mass is 35.5. The minimum Gasteiger partial charge on any atom is -0.480 e. The van der Waals surface area contributed by atoms with Crippen LogP contribution in [0.2, 0.25) is 4.34 Å². The van der Waals surface area contributed by atoms with Crippen molar-refractivity contribution in [3.05, 3.63) is 34.4 Å². The molecule has 0 spiro atoms. The molecule has 0 bridgehead atoms. The SMILES string of the molecule is CCCN(CC(=O)O)C(=O)c1c[nH]cc1-c1ccc(Cl)s1. The second-order valence-electron chi connectivity index (χ2n) is 4.51. The molecule has 5 nitrogen and oxygen atoms in total. The van der Waals surface area contributed by atoms with E-state index in [4.69, 9.17) is 16.7 Å². The fourth-order valence-electron chi connectivity index (χ4n) is 2.06. The zero-order chi connectivity index (χ0) is 15.4. The highest BCUT2D eigenvalue weighted by molar-refractivity contribution is 7.19. The van der Waals surface area contributed by atoms with Gasteiger partial charge >= 0.3 is 5.97 Å². The van der Waals surface area contributed by atoms with Gasteiger partial charge in [-0.05, 0) is 18.6 Å². The van der Waals surface area contributed by atoms with Gasteiger partial charge in [0.1, 0.15) is 6.54 Å². The van der Waals surface area contributed by atoms with E-state index < -0.39 is 5.97 Å². The molecule has 0 saturated carbocycles. The van der Waals surface area contributed by atoms with Crippen LogP contribution in [0.4, 0.5) is 0 Å². The molecule has 7 heteroatoms. The van der Waals surface area contributed by atoms with Crippen LogP contribution in [0.3, 0.4) is 0 Å². The number of rotatable bonds is 6. The van der Waals surface area contributed by atoms with E-state index in [1.165, 1.54) is 16.2 Å². The maximum absolute atomic E-state index is 12.5. The van der Waals surface area contributed by atoms with Gasteiger partial charge in [0.2, 0.25) is 0 Å². The molecule has 2 rings (SSSR count). The lowest BCUT2D eigenvalue weighted by atomic mass is 10.1. The number of nitrogens with zero attached hydrogens (tertiary/aromatic N) is 1. The van der Waals surface area contributed by atoms with Crippen molar-refractivity contribution < 1.29 is 14.7 Å². The quantitative estimate of drug-likeness (QED) is 0.855. The summed E-state index contributed by atoms with van der Waals surface area (Å²) in [5.41, 5.74) is 1.20. The standard InChI is InChI=1S/C14H15ClN2O3S/c1-2-5-17(8-13(18)19)14(20)10-7-16-6-9(10)11-3-4-12(15)21-11/h3-4,6-7,16H,2,5,8H2,1H3,(H,18,19). The Morgan fingerprint density at radius 1 is 1.38 bits per heavy atom. The minimum atomic E-state index is -1.02. The number of thiophene rings is 1. The van der Waals surface area contributed by atoms with Crippen LogP contribution in [0.5, 0.6) is 0 Å². The summed E-state index contributed by atoms with van der Waals surface area (Å²) < 4.78 is 0.639. The van der Waals surface area contributed by atoms with E-state index in [2.05, 4.69) is 4.98 Å². The first kappa shape index (κ1) is 15.6. The summed E-state index contributed by atoms with van der Waals surface area (Å²) in [4.78, 5) is 28.6. The van der Waals surface area contributed by atoms with Crippen LogP contribution in [-0.4, -0.2) is 40.0 Å². The second kappa shape index (κ2) is 6.78. The molecule has 0 unspecified atom stereocenters. The number of H-pyrrole nitrogens is 1. The third-order valence-electron chi connectivity index (χ3n) is 2.92. The molecular weight excluding hydrogens is 312 g/mol. The lowest BCUT2D eigenvalue weighted by molar-refractivity contribution is -0.137. The first-order valence-corrected chi connectivity index (χ1v) is 7.66. The molecular formula is C14H15ClN2O3S. The number of aromatic nitrogens is 1. The van der Waals surface area contributed by atoms with Crippen LogP contribution < -0.4 is 0 Å². The molecule has 112 valence electrons. The third kappa shape index (κ3) is 3.65. The van der Waals surface area contributed by atoms with Gasteiger partial charge in [-0.3, -0.25) is 9.59 Å². The molecule has 2 heterocycles. The van der Waals surface area contributed by atoms with Gasteiger partial charge < -0.3 is 15.0 Å². The molecule has 0 atom stereocenters. The lowest BCUT2D eigenvalue weighted by Gasteiger charge is -2.19. The van der Waals surface area contributed by atoms with Gasteiger partial charge in [-0.1, -0.05) is 18.5 Å². The summed E-state index contributed by atoms with van der Waals surface area (Å²) in [5, 5.41) is 8.93. The Balaban J connectivity index is 2.30. The Labute approximate surface area is 131 Å². The zero-order valence-electron chi connectivity index (χ0n) is 11.4. The van der Waals surface area contributed by atoms with Crippen molar-refractivity contribution in [1.82, 2.24) is 9.88 Å². The van der Waals surface area contributed by atoms with Crippen molar-refractivity contribution in [2.75, 3.05) is 13.1 Å². The number of hydrogen-bond donors (Lipinski definition) is 2. The van der Waals surface area contributed by atoms with Gasteiger partial charge in [0.05, 0.1) is 9.90 Å². The van der Waals surface area contributed by atoms with E-state index in [9.17, 15) is 9.59 Å². The maximum Gasteiger partial charge on any atom is 0.323 e. The maximum atomic E-state index is 12.5. The first-order chi connectivity index (χ1) is 10.0. The van der Waals surface area contributed by atoms with Crippen molar-refractivity contribution in [3.63, 3.8) is 0 Å². The van der Waals surface area contributed by atoms with Gasteiger partial charge in [0.15, 0.2) is 0 Å². The van der Waals surface area contributed by atoms with Gasteiger partial charge in [0, 0.05) is 29.4 Å². The van der Waals surface area contributed by atoms with Crippen LogP contribution in [0.15, 0.2) is 24.5 Å². The van der Waals surface area contributed by atoms with Crippen LogP contribution >= 0.6 is 22.9 Å². The van der Waals surface area contributed by atoms with E-state index in [1.807, 2.05) is 13.0 Å². The van der Waals surface area contributed by atoms with E-state index >= 15 is 0 Å². The summed E-state index contributed by atoms with van der Waals surface area (Å²) in [7, 11) is 0. The molecule has 0 aliphatic carbocycles. The number of hydrogen-bond acceptors (Lipinski definition) is 3. The van der Waals surface area contributed by atoms with Gasteiger partial charge in [-0.25, -0.2) is 0 Å². The topological polar surface area (TPSA) is 73.4 Å². The number of aliphatic carboxylic acids is 1. The van der Waals surface area contributed by atoms with Gasteiger partial charge in [-0.2, -0.15) is 0 Å². The predicted octanol–water partition coefficient (Wildman–Crippen LogP) is 3.33. The highest BCUT2D eigenvalue weighted by Gasteiger charge is 2.22. The molecule has 0 saturated heterocycles. The van der Waals surface area contributed by atoms with E-state index in [0.29, 0.717) is 22.9 Å². The molecule has 1 amide bonds. The van der Waals surface area contributed by atoms with Crippen molar-refractivity contribution in [1.29, 1.82) is 0 Å². The van der Waals surface area contributed by atoms with Crippen molar-refractivity contribution in [2.45, 2.75) is 13.3 Å². The minimum absolute atomic E-state index is 0.292. The van der Waals surface area contributed by atoms with Crippen LogP contribution in [0.25, 0.3) is 10.4 Å². The van der Waals surface area contributed by atoms with E-state index in [-0.39, 0.29) is 12.5 Å². The Hall–Kier alpha value is -1.79. The number of carboxylic acids is 1. The van der Waals surface area contributed by atoms with E-state index in [0.717, 1.165) is 10.4 Å². The summed E-state index contributed by atoms with van der Waals surface area (Å²) in [5.74, 6) is -1.31. The van der Waals surface area contributed by atoms with Gasteiger partial charge in [0.25, 0.3) is 5.91 Å². The summed E-state index contributed by atoms with van der Waals surface area (Å²) in [6.45, 7) is 2.00. The fraction of sp³-hybridized carbons (Fsp3) is 0.286. The second-order valence-corrected chi connectivity index (χ2v) is 6.22. The number of halogens is 1. The number of nitrogens with one attached hydrogen (secondary N) is 1. The highest BCUT2D eigenvalue weighted by Crippen LogP contribution is 2.33. The fourth-order valence-corrected chi connectivity index (χ4v) is 3.13. The van der Waals surface area contributed by atoms with Crippen LogP contribution in [-0.2, 0) is 4.79 Å². The molecule has 2 aromatic rings. The average molecular weight is 327 g/mol. The monoisotopic (exact) mass is 326 g/mol. The van der Waals surface area contributed by atoms with Crippen molar-refractivity contribution in [3.8, 4) is 10.4 Å². The Morgan fingerprint density at radius 2 is 2.14 bits per heavy atom. The number of aromatic amines is 1. The van der Waals surface area contributed by atoms with Crippen LogP contribution in [0, 0.1) is 0 Å². The summed E-state index contributed by atoms with van der Waals surface area (Å²) in [6.07, 6.45) is 4.01. The molecule has 21 heavy (non-hydrogen) atoms. The van der Waals surface area contributed by atoms with E-state index in [1.54, 1.807) is 18.5 Å². The molecule has 0 aliphatic heterocycles. The third-order valence-corrected chi connectivity index (χ3v) is 4.19. The Kier molecular flexibility index (Phi) is 5.03. The molecule has 0 fully saturated rings. The van der Waals surface area contributed by atoms with Gasteiger partial charge in [-0.15, -0.1) is 11.3 Å². The predicted molar refractivity (Wildman–Crippen MR) is 82.9 cm³/mol. The number of carbonyl (C=O) groups excluding carboxylic acids is 1. The number of carbonyl (C=O) groups is 2. The number of carboxylic acid groups (broad SMARTS) is 1. The van der Waals surface area contributed by atoms with Crippen molar-refractivity contribution >= 4 is 34.8 Å². The largest absolute Gasteiger partial charge is 0.480 e. The molecule has 0 aliphatic rings. The summed E-state index contributed by atoms with van der Waals surface area (Å²) >= 11 is 7.30. The smallest absolute Gasteiger partial charge is 0.323 e. The van der Waals surface area contributed by atoms with Crippen molar-refractivity contribution in [2.24, 2.45) is 0 Å².